The molecule has 110 valence electrons. The number of nitriles is 1. The van der Waals surface area contributed by atoms with E-state index in [0.717, 1.165) is 22.3 Å². The van der Waals surface area contributed by atoms with Gasteiger partial charge in [-0.1, -0.05) is 11.8 Å². The van der Waals surface area contributed by atoms with Crippen molar-refractivity contribution in [1.29, 1.82) is 5.26 Å². The van der Waals surface area contributed by atoms with E-state index in [1.165, 1.54) is 11.6 Å². The molecule has 2 heterocycles. The summed E-state index contributed by atoms with van der Waals surface area (Å²) >= 11 is 4.26. The van der Waals surface area contributed by atoms with Gasteiger partial charge in [0.1, 0.15) is 16.8 Å². The second-order valence-corrected chi connectivity index (χ2v) is 5.93. The van der Waals surface area contributed by atoms with Gasteiger partial charge in [-0.05, 0) is 34.5 Å². The Balaban J connectivity index is 2.32. The first-order valence-corrected chi connectivity index (χ1v) is 7.39. The molecule has 9 heteroatoms. The van der Waals surface area contributed by atoms with Gasteiger partial charge < -0.3 is 0 Å². The molecule has 0 unspecified atom stereocenters. The first-order chi connectivity index (χ1) is 9.81. The largest absolute Gasteiger partial charge is 0.433 e. The third-order valence-corrected chi connectivity index (χ3v) is 3.89. The van der Waals surface area contributed by atoms with Crippen molar-refractivity contribution in [2.75, 3.05) is 0 Å². The van der Waals surface area contributed by atoms with Gasteiger partial charge in [-0.3, -0.25) is 4.68 Å². The molecule has 2 aromatic heterocycles. The summed E-state index contributed by atoms with van der Waals surface area (Å²) in [4.78, 5) is 3.56. The first-order valence-electron chi connectivity index (χ1n) is 5.61. The van der Waals surface area contributed by atoms with Gasteiger partial charge in [0.25, 0.3) is 0 Å². The van der Waals surface area contributed by atoms with Gasteiger partial charge in [0.2, 0.25) is 0 Å². The summed E-state index contributed by atoms with van der Waals surface area (Å²) in [6.45, 7) is 1.46. The van der Waals surface area contributed by atoms with Gasteiger partial charge >= 0.3 is 6.18 Å². The lowest BCUT2D eigenvalue weighted by atomic mass is 10.1. The maximum atomic E-state index is 12.8. The Morgan fingerprint density at radius 2 is 2.19 bits per heavy atom. The predicted octanol–water partition coefficient (Wildman–Crippen LogP) is 3.99. The van der Waals surface area contributed by atoms with E-state index in [9.17, 15) is 13.2 Å². The molecule has 0 aliphatic carbocycles. The maximum absolute atomic E-state index is 12.8. The molecule has 0 fully saturated rings. The van der Waals surface area contributed by atoms with Gasteiger partial charge in [0, 0.05) is 6.20 Å². The van der Waals surface area contributed by atoms with Crippen LogP contribution >= 0.6 is 27.7 Å². The van der Waals surface area contributed by atoms with Crippen molar-refractivity contribution in [3.8, 4) is 6.07 Å². The van der Waals surface area contributed by atoms with E-state index in [-0.39, 0.29) is 22.0 Å². The molecule has 0 saturated heterocycles. The van der Waals surface area contributed by atoms with Crippen LogP contribution < -0.4 is 0 Å². The quantitative estimate of drug-likeness (QED) is 0.760. The van der Waals surface area contributed by atoms with E-state index >= 15 is 0 Å². The van der Waals surface area contributed by atoms with Crippen molar-refractivity contribution in [2.45, 2.75) is 24.0 Å². The number of hydrogen-bond donors (Lipinski definition) is 0. The highest BCUT2D eigenvalue weighted by Crippen LogP contribution is 2.32. The predicted molar refractivity (Wildman–Crippen MR) is 74.5 cm³/mol. The Labute approximate surface area is 131 Å². The molecule has 4 nitrogen and oxygen atoms in total. The zero-order valence-electron chi connectivity index (χ0n) is 10.6. The molecule has 0 bridgehead atoms. The van der Waals surface area contributed by atoms with Crippen molar-refractivity contribution >= 4 is 27.7 Å². The average molecular weight is 377 g/mol. The number of halogens is 4. The summed E-state index contributed by atoms with van der Waals surface area (Å²) < 4.78 is 40.6. The number of pyridine rings is 1. The van der Waals surface area contributed by atoms with Gasteiger partial charge in [0.05, 0.1) is 22.1 Å². The van der Waals surface area contributed by atoms with Crippen LogP contribution in [0.15, 0.2) is 28.0 Å². The topological polar surface area (TPSA) is 54.5 Å². The number of aryl methyl sites for hydroxylation is 1. The lowest BCUT2D eigenvalue weighted by Crippen LogP contribution is -2.10. The second-order valence-electron chi connectivity index (χ2n) is 4.09. The standard InChI is InChI=1S/C12H8BrF3N4S/c1-7-2-10(12(14,15)16)19-11(9(7)3-17)21-6-20-5-8(13)4-18-20/h2,4-5H,6H2,1H3. The third kappa shape index (κ3) is 3.77. The van der Waals surface area contributed by atoms with Crippen molar-refractivity contribution in [3.05, 3.63) is 39.8 Å². The summed E-state index contributed by atoms with van der Waals surface area (Å²) in [6.07, 6.45) is -1.29. The number of nitrogens with zero attached hydrogens (tertiary/aromatic N) is 4. The highest BCUT2D eigenvalue weighted by atomic mass is 79.9. The molecule has 2 rings (SSSR count). The van der Waals surface area contributed by atoms with Crippen LogP contribution in [-0.2, 0) is 12.1 Å². The van der Waals surface area contributed by atoms with Gasteiger partial charge in [-0.15, -0.1) is 0 Å². The molecule has 0 aliphatic rings. The zero-order valence-corrected chi connectivity index (χ0v) is 13.1. The number of aromatic nitrogens is 3. The van der Waals surface area contributed by atoms with Crippen molar-refractivity contribution < 1.29 is 13.2 Å². The van der Waals surface area contributed by atoms with E-state index in [0.29, 0.717) is 0 Å². The van der Waals surface area contributed by atoms with Crippen LogP contribution in [0.1, 0.15) is 16.8 Å². The average Bonchev–Trinajstić information content (AvgIpc) is 2.80. The van der Waals surface area contributed by atoms with E-state index in [4.69, 9.17) is 5.26 Å². The van der Waals surface area contributed by atoms with Crippen molar-refractivity contribution in [2.24, 2.45) is 0 Å². The number of alkyl halides is 3. The molecule has 0 radical (unpaired) electrons. The molecule has 2 aromatic rings. The van der Waals surface area contributed by atoms with Gasteiger partial charge in [-0.25, -0.2) is 4.98 Å². The van der Waals surface area contributed by atoms with Crippen LogP contribution in [0.25, 0.3) is 0 Å². The summed E-state index contributed by atoms with van der Waals surface area (Å²) in [5, 5.41) is 13.1. The molecule has 0 N–H and O–H groups in total. The van der Waals surface area contributed by atoms with Crippen molar-refractivity contribution in [3.63, 3.8) is 0 Å². The Morgan fingerprint density at radius 3 is 2.71 bits per heavy atom. The first kappa shape index (κ1) is 15.9. The molecule has 0 spiro atoms. The summed E-state index contributed by atoms with van der Waals surface area (Å²) in [5.74, 6) is 0.258. The van der Waals surface area contributed by atoms with Crippen LogP contribution in [0, 0.1) is 18.3 Å². The monoisotopic (exact) mass is 376 g/mol. The lowest BCUT2D eigenvalue weighted by Gasteiger charge is -2.11. The Morgan fingerprint density at radius 1 is 1.48 bits per heavy atom. The van der Waals surface area contributed by atoms with Crippen LogP contribution in [0.5, 0.6) is 0 Å². The number of rotatable bonds is 3. The smallest absolute Gasteiger partial charge is 0.261 e. The summed E-state index contributed by atoms with van der Waals surface area (Å²) in [7, 11) is 0. The van der Waals surface area contributed by atoms with E-state index in [1.807, 2.05) is 6.07 Å². The molecule has 0 aromatic carbocycles. The van der Waals surface area contributed by atoms with Gasteiger partial charge in [-0.2, -0.15) is 23.5 Å². The van der Waals surface area contributed by atoms with Crippen LogP contribution in [0.3, 0.4) is 0 Å². The highest BCUT2D eigenvalue weighted by molar-refractivity contribution is 9.10. The van der Waals surface area contributed by atoms with Gasteiger partial charge in [0.15, 0.2) is 0 Å². The molecule has 0 amide bonds. The molecular weight excluding hydrogens is 369 g/mol. The fourth-order valence-corrected chi connectivity index (χ4v) is 2.80. The van der Waals surface area contributed by atoms with E-state index in [1.54, 1.807) is 12.4 Å². The Bertz CT molecular complexity index is 706. The minimum atomic E-state index is -4.54. The zero-order chi connectivity index (χ0) is 15.6. The Kier molecular flexibility index (Phi) is 4.58. The number of hydrogen-bond acceptors (Lipinski definition) is 4. The molecule has 0 aliphatic heterocycles. The highest BCUT2D eigenvalue weighted by Gasteiger charge is 2.33. The SMILES string of the molecule is Cc1cc(C(F)(F)F)nc(SCn2cc(Br)cn2)c1C#N. The van der Waals surface area contributed by atoms with Crippen LogP contribution in [-0.4, -0.2) is 14.8 Å². The minimum absolute atomic E-state index is 0.0523. The van der Waals surface area contributed by atoms with E-state index < -0.39 is 11.9 Å². The molecular formula is C12H8BrF3N4S. The normalized spacial score (nSPS) is 11.4. The summed E-state index contributed by atoms with van der Waals surface area (Å²) in [6, 6.07) is 2.78. The third-order valence-electron chi connectivity index (χ3n) is 2.52. The lowest BCUT2D eigenvalue weighted by molar-refractivity contribution is -0.141. The van der Waals surface area contributed by atoms with Crippen LogP contribution in [0.2, 0.25) is 0 Å². The second kappa shape index (κ2) is 6.07. The molecule has 0 atom stereocenters. The maximum Gasteiger partial charge on any atom is 0.433 e. The molecule has 0 saturated carbocycles. The number of thioether (sulfide) groups is 1. The van der Waals surface area contributed by atoms with E-state index in [2.05, 4.69) is 26.0 Å². The molecule has 21 heavy (non-hydrogen) atoms. The van der Waals surface area contributed by atoms with Crippen LogP contribution in [0.4, 0.5) is 13.2 Å². The fourth-order valence-electron chi connectivity index (χ4n) is 1.57. The summed E-state index contributed by atoms with van der Waals surface area (Å²) in [5.41, 5.74) is -0.591. The Hall–Kier alpha value is -1.53. The van der Waals surface area contributed by atoms with Crippen molar-refractivity contribution in [1.82, 2.24) is 14.8 Å². The minimum Gasteiger partial charge on any atom is -0.261 e. The fraction of sp³-hybridized carbons (Fsp3) is 0.250.